The van der Waals surface area contributed by atoms with Crippen molar-refractivity contribution in [2.45, 2.75) is 33.0 Å². The Bertz CT molecular complexity index is 1280. The highest BCUT2D eigenvalue weighted by Gasteiger charge is 2.17. The highest BCUT2D eigenvalue weighted by molar-refractivity contribution is 7.21. The second-order valence-corrected chi connectivity index (χ2v) is 10.6. The molecular weight excluding hydrogens is 454 g/mol. The van der Waals surface area contributed by atoms with E-state index < -0.39 is 0 Å². The number of carbonyl (C=O) groups is 1. The molecule has 172 valence electrons. The Balaban J connectivity index is 1.18. The lowest BCUT2D eigenvalue weighted by atomic mass is 10.1. The molecule has 0 saturated carbocycles. The Labute approximate surface area is 201 Å². The van der Waals surface area contributed by atoms with Gasteiger partial charge in [-0.3, -0.25) is 9.69 Å². The first kappa shape index (κ1) is 22.3. The molecule has 4 aromatic rings. The molecule has 1 fully saturated rings. The minimum absolute atomic E-state index is 0.0143. The summed E-state index contributed by atoms with van der Waals surface area (Å²) in [6.07, 6.45) is 0.275. The summed E-state index contributed by atoms with van der Waals surface area (Å²) in [6, 6.07) is 12.4. The van der Waals surface area contributed by atoms with Crippen molar-refractivity contribution in [2.75, 3.05) is 26.3 Å². The average molecular weight is 482 g/mol. The first-order valence-electron chi connectivity index (χ1n) is 11.1. The van der Waals surface area contributed by atoms with Gasteiger partial charge in [-0.2, -0.15) is 0 Å². The van der Waals surface area contributed by atoms with Crippen LogP contribution in [0, 0.1) is 6.92 Å². The van der Waals surface area contributed by atoms with Gasteiger partial charge in [0.15, 0.2) is 6.61 Å². The number of aromatic nitrogens is 1. The molecule has 1 unspecified atom stereocenters. The molecule has 3 heterocycles. The molecule has 2 aromatic heterocycles. The first-order chi connectivity index (χ1) is 16.0. The molecule has 2 aromatic carbocycles. The van der Waals surface area contributed by atoms with Gasteiger partial charge in [-0.25, -0.2) is 4.98 Å². The van der Waals surface area contributed by atoms with Crippen molar-refractivity contribution in [3.05, 3.63) is 57.9 Å². The van der Waals surface area contributed by atoms with Gasteiger partial charge in [0.1, 0.15) is 5.75 Å². The molecule has 0 bridgehead atoms. The molecule has 8 heteroatoms. The Morgan fingerprint density at radius 2 is 2.18 bits per heavy atom. The van der Waals surface area contributed by atoms with Crippen LogP contribution >= 0.6 is 22.7 Å². The van der Waals surface area contributed by atoms with Crippen LogP contribution in [-0.4, -0.2) is 48.2 Å². The zero-order valence-corrected chi connectivity index (χ0v) is 20.4. The number of thiazole rings is 1. The molecule has 5 rings (SSSR count). The summed E-state index contributed by atoms with van der Waals surface area (Å²) in [5.74, 6) is 0.602. The van der Waals surface area contributed by atoms with E-state index in [0.717, 1.165) is 62.9 Å². The molecule has 6 nitrogen and oxygen atoms in total. The largest absolute Gasteiger partial charge is 0.483 e. The molecule has 1 saturated heterocycles. The maximum Gasteiger partial charge on any atom is 0.258 e. The Morgan fingerprint density at radius 3 is 3.06 bits per heavy atom. The minimum atomic E-state index is -0.133. The fraction of sp³-hybridized carbons (Fsp3) is 0.360. The fourth-order valence-corrected chi connectivity index (χ4v) is 6.06. The highest BCUT2D eigenvalue weighted by Crippen LogP contribution is 2.38. The predicted octanol–water partition coefficient (Wildman–Crippen LogP) is 4.74. The number of thiophene rings is 1. The smallest absolute Gasteiger partial charge is 0.258 e. The van der Waals surface area contributed by atoms with Gasteiger partial charge >= 0.3 is 0 Å². The lowest BCUT2D eigenvalue weighted by Gasteiger charge is -2.31. The number of hydrogen-bond acceptors (Lipinski definition) is 7. The summed E-state index contributed by atoms with van der Waals surface area (Å²) in [5, 5.41) is 7.06. The van der Waals surface area contributed by atoms with Gasteiger partial charge in [0.25, 0.3) is 5.91 Å². The van der Waals surface area contributed by atoms with E-state index in [0.29, 0.717) is 6.54 Å². The summed E-state index contributed by atoms with van der Waals surface area (Å²) < 4.78 is 13.8. The second-order valence-electron chi connectivity index (χ2n) is 8.42. The number of fused-ring (bicyclic) bond motifs is 3. The number of nitrogens with zero attached hydrogens (tertiary/aromatic N) is 2. The van der Waals surface area contributed by atoms with E-state index in [1.54, 1.807) is 22.7 Å². The zero-order chi connectivity index (χ0) is 22.8. The van der Waals surface area contributed by atoms with Crippen molar-refractivity contribution >= 4 is 48.9 Å². The Morgan fingerprint density at radius 1 is 1.30 bits per heavy atom. The normalized spacial score (nSPS) is 17.0. The third-order valence-corrected chi connectivity index (χ3v) is 7.58. The molecular formula is C25H27N3O3S2. The Kier molecular flexibility index (Phi) is 6.59. The van der Waals surface area contributed by atoms with Crippen LogP contribution in [0.3, 0.4) is 0 Å². The van der Waals surface area contributed by atoms with Gasteiger partial charge in [-0.15, -0.1) is 22.7 Å². The van der Waals surface area contributed by atoms with Crippen molar-refractivity contribution in [3.63, 3.8) is 0 Å². The van der Waals surface area contributed by atoms with Crippen LogP contribution in [-0.2, 0) is 22.6 Å². The second kappa shape index (κ2) is 9.77. The minimum Gasteiger partial charge on any atom is -0.483 e. The van der Waals surface area contributed by atoms with E-state index in [2.05, 4.69) is 40.3 Å². The lowest BCUT2D eigenvalue weighted by Crippen LogP contribution is -2.40. The van der Waals surface area contributed by atoms with Gasteiger partial charge in [0.05, 0.1) is 32.6 Å². The quantitative estimate of drug-likeness (QED) is 0.413. The van der Waals surface area contributed by atoms with Crippen molar-refractivity contribution in [3.8, 4) is 5.75 Å². The third kappa shape index (κ3) is 5.19. The summed E-state index contributed by atoms with van der Waals surface area (Å²) in [5.41, 5.74) is 3.36. The molecule has 0 spiro atoms. The number of morpholine rings is 1. The average Bonchev–Trinajstić information content (AvgIpc) is 3.42. The van der Waals surface area contributed by atoms with E-state index in [1.165, 1.54) is 5.56 Å². The van der Waals surface area contributed by atoms with Gasteiger partial charge in [-0.05, 0) is 36.4 Å². The van der Waals surface area contributed by atoms with Crippen LogP contribution in [0.2, 0.25) is 0 Å². The molecule has 1 amide bonds. The number of carbonyl (C=O) groups excluding carboxylic acids is 1. The lowest BCUT2D eigenvalue weighted by molar-refractivity contribution is -0.123. The number of benzene rings is 2. The van der Waals surface area contributed by atoms with Crippen LogP contribution in [0.15, 0.2) is 41.8 Å². The van der Waals surface area contributed by atoms with E-state index in [9.17, 15) is 4.79 Å². The Hall–Kier alpha value is -2.52. The van der Waals surface area contributed by atoms with Crippen LogP contribution < -0.4 is 10.1 Å². The number of hydrogen-bond donors (Lipinski definition) is 1. The van der Waals surface area contributed by atoms with Crippen LogP contribution in [0.25, 0.3) is 20.3 Å². The molecule has 1 aliphatic rings. The van der Waals surface area contributed by atoms with Gasteiger partial charge < -0.3 is 14.8 Å². The van der Waals surface area contributed by atoms with Gasteiger partial charge in [0.2, 0.25) is 0 Å². The number of nitrogens with one attached hydrogen (secondary N) is 1. The zero-order valence-electron chi connectivity index (χ0n) is 18.8. The summed E-state index contributed by atoms with van der Waals surface area (Å²) in [7, 11) is 0. The van der Waals surface area contributed by atoms with Crippen molar-refractivity contribution in [2.24, 2.45) is 0 Å². The summed E-state index contributed by atoms with van der Waals surface area (Å²) in [4.78, 5) is 19.6. The molecule has 33 heavy (non-hydrogen) atoms. The molecule has 0 radical (unpaired) electrons. The number of rotatable bonds is 7. The van der Waals surface area contributed by atoms with Gasteiger partial charge in [-0.1, -0.05) is 24.3 Å². The highest BCUT2D eigenvalue weighted by atomic mass is 32.1. The maximum absolute atomic E-state index is 12.5. The SMILES string of the molecule is Cc1nc2c(cc(OCC(=O)NCc3cccc(CN4CCOC(C)C4)c3)c3ccsc32)s1. The van der Waals surface area contributed by atoms with Crippen LogP contribution in [0.1, 0.15) is 23.1 Å². The topological polar surface area (TPSA) is 63.7 Å². The first-order valence-corrected chi connectivity index (χ1v) is 12.8. The molecule has 0 aliphatic carbocycles. The third-order valence-electron chi connectivity index (χ3n) is 5.74. The van der Waals surface area contributed by atoms with Crippen molar-refractivity contribution < 1.29 is 14.3 Å². The van der Waals surface area contributed by atoms with E-state index >= 15 is 0 Å². The van der Waals surface area contributed by atoms with E-state index in [-0.39, 0.29) is 18.6 Å². The van der Waals surface area contributed by atoms with Gasteiger partial charge in [0, 0.05) is 37.6 Å². The van der Waals surface area contributed by atoms with Crippen molar-refractivity contribution in [1.29, 1.82) is 0 Å². The van der Waals surface area contributed by atoms with Crippen molar-refractivity contribution in [1.82, 2.24) is 15.2 Å². The fourth-order valence-electron chi connectivity index (χ4n) is 4.23. The van der Waals surface area contributed by atoms with E-state index in [4.69, 9.17) is 9.47 Å². The monoisotopic (exact) mass is 481 g/mol. The number of ether oxygens (including phenoxy) is 2. The van der Waals surface area contributed by atoms with Crippen LogP contribution in [0.5, 0.6) is 5.75 Å². The molecule has 1 atom stereocenters. The summed E-state index contributed by atoms with van der Waals surface area (Å²) >= 11 is 3.30. The predicted molar refractivity (Wildman–Crippen MR) is 134 cm³/mol. The summed E-state index contributed by atoms with van der Waals surface area (Å²) in [6.45, 7) is 8.17. The number of amides is 1. The van der Waals surface area contributed by atoms with Crippen LogP contribution in [0.4, 0.5) is 0 Å². The van der Waals surface area contributed by atoms with E-state index in [1.807, 2.05) is 30.5 Å². The maximum atomic E-state index is 12.5. The number of aryl methyl sites for hydroxylation is 1. The molecule has 1 N–H and O–H groups in total. The molecule has 1 aliphatic heterocycles. The standard InChI is InChI=1S/C25H27N3O3S2/c1-16-13-28(7-8-30-16)14-19-5-3-4-18(10-19)12-26-23(29)15-31-21-11-22-24(27-17(2)33-22)25-20(21)6-9-32-25/h3-6,9-11,16H,7-8,12-15H2,1-2H3,(H,26,29).